The molecule has 0 radical (unpaired) electrons. The maximum Gasteiger partial charge on any atom is 0.260 e. The average molecular weight is 485 g/mol. The number of nitrogens with zero attached hydrogens (tertiary/aromatic N) is 4. The Bertz CT molecular complexity index is 1170. The third kappa shape index (κ3) is 4.78. The summed E-state index contributed by atoms with van der Waals surface area (Å²) in [6.07, 6.45) is 0.442. The minimum Gasteiger partial charge on any atom is -0.302 e. The molecule has 3 aromatic rings. The predicted octanol–water partition coefficient (Wildman–Crippen LogP) is 4.59. The summed E-state index contributed by atoms with van der Waals surface area (Å²) >= 11 is 7.75. The van der Waals surface area contributed by atoms with Gasteiger partial charge in [0.1, 0.15) is 5.52 Å². The van der Waals surface area contributed by atoms with Crippen LogP contribution in [0.2, 0.25) is 5.02 Å². The van der Waals surface area contributed by atoms with E-state index in [9.17, 15) is 14.4 Å². The molecule has 9 heteroatoms. The third-order valence-electron chi connectivity index (χ3n) is 5.79. The molecule has 1 fully saturated rings. The summed E-state index contributed by atoms with van der Waals surface area (Å²) in [5.41, 5.74) is 1.63. The number of carbonyl (C=O) groups is 3. The van der Waals surface area contributed by atoms with E-state index in [-0.39, 0.29) is 30.6 Å². The number of benzene rings is 2. The molecular weight excluding hydrogens is 460 g/mol. The molecule has 3 amide bonds. The molecule has 33 heavy (non-hydrogen) atoms. The maximum absolute atomic E-state index is 13.6. The molecule has 172 valence electrons. The van der Waals surface area contributed by atoms with E-state index in [1.165, 1.54) is 16.2 Å². The summed E-state index contributed by atoms with van der Waals surface area (Å²) in [5, 5.41) is 1.14. The molecule has 0 bridgehead atoms. The van der Waals surface area contributed by atoms with Crippen molar-refractivity contribution in [3.05, 3.63) is 53.1 Å². The van der Waals surface area contributed by atoms with Crippen molar-refractivity contribution < 1.29 is 14.4 Å². The average Bonchev–Trinajstić information content (AvgIpc) is 3.40. The van der Waals surface area contributed by atoms with Crippen LogP contribution in [-0.2, 0) is 9.59 Å². The van der Waals surface area contributed by atoms with Gasteiger partial charge < -0.3 is 4.90 Å². The van der Waals surface area contributed by atoms with Crippen molar-refractivity contribution in [3.8, 4) is 0 Å². The van der Waals surface area contributed by atoms with Crippen molar-refractivity contribution in [1.29, 1.82) is 0 Å². The van der Waals surface area contributed by atoms with Crippen LogP contribution in [-0.4, -0.2) is 53.8 Å². The summed E-state index contributed by atoms with van der Waals surface area (Å²) < 4.78 is 0.916. The van der Waals surface area contributed by atoms with Crippen molar-refractivity contribution in [3.63, 3.8) is 0 Å². The molecule has 1 aromatic heterocycles. The van der Waals surface area contributed by atoms with Gasteiger partial charge in [0, 0.05) is 31.5 Å². The van der Waals surface area contributed by atoms with E-state index in [4.69, 9.17) is 11.6 Å². The highest BCUT2D eigenvalue weighted by Crippen LogP contribution is 2.33. The van der Waals surface area contributed by atoms with Crippen molar-refractivity contribution in [2.45, 2.75) is 26.7 Å². The number of hydrogen-bond acceptors (Lipinski definition) is 6. The summed E-state index contributed by atoms with van der Waals surface area (Å²) in [6.45, 7) is 7.13. The van der Waals surface area contributed by atoms with Gasteiger partial charge >= 0.3 is 0 Å². The number of halogens is 1. The van der Waals surface area contributed by atoms with Crippen LogP contribution in [0.1, 0.15) is 37.0 Å². The SMILES string of the molecule is CCN(CC)CCN(C(=O)c1ccc(N2C(=O)CCC2=O)cc1)c1nc2c(Cl)cccc2s1. The zero-order chi connectivity index (χ0) is 23.5. The Hall–Kier alpha value is -2.81. The maximum atomic E-state index is 13.6. The molecule has 1 saturated heterocycles. The van der Waals surface area contributed by atoms with Crippen LogP contribution in [0.4, 0.5) is 10.8 Å². The number of amides is 3. The zero-order valence-electron chi connectivity index (χ0n) is 18.6. The van der Waals surface area contributed by atoms with Gasteiger partial charge in [-0.1, -0.05) is 42.9 Å². The van der Waals surface area contributed by atoms with Gasteiger partial charge in [0.15, 0.2) is 5.13 Å². The summed E-state index contributed by atoms with van der Waals surface area (Å²) in [6, 6.07) is 12.2. The highest BCUT2D eigenvalue weighted by atomic mass is 35.5. The van der Waals surface area contributed by atoms with Crippen molar-refractivity contribution in [1.82, 2.24) is 9.88 Å². The Morgan fingerprint density at radius 3 is 2.30 bits per heavy atom. The number of imide groups is 1. The molecule has 7 nitrogen and oxygen atoms in total. The molecular formula is C24H25ClN4O3S. The quantitative estimate of drug-likeness (QED) is 0.437. The van der Waals surface area contributed by atoms with E-state index in [2.05, 4.69) is 23.7 Å². The molecule has 0 N–H and O–H groups in total. The van der Waals surface area contributed by atoms with E-state index in [0.717, 1.165) is 17.8 Å². The van der Waals surface area contributed by atoms with Gasteiger partial charge in [-0.05, 0) is 49.5 Å². The van der Waals surface area contributed by atoms with Gasteiger partial charge in [0.25, 0.3) is 5.91 Å². The number of para-hydroxylation sites is 1. The molecule has 0 saturated carbocycles. The van der Waals surface area contributed by atoms with Crippen LogP contribution in [0, 0.1) is 0 Å². The number of thiazole rings is 1. The fourth-order valence-electron chi connectivity index (χ4n) is 3.86. The minimum atomic E-state index is -0.216. The van der Waals surface area contributed by atoms with Crippen molar-refractivity contribution in [2.24, 2.45) is 0 Å². The first-order chi connectivity index (χ1) is 15.9. The first kappa shape index (κ1) is 23.4. The lowest BCUT2D eigenvalue weighted by atomic mass is 10.1. The van der Waals surface area contributed by atoms with Crippen molar-refractivity contribution in [2.75, 3.05) is 36.0 Å². The summed E-state index contributed by atoms with van der Waals surface area (Å²) in [7, 11) is 0. The van der Waals surface area contributed by atoms with Crippen LogP contribution in [0.25, 0.3) is 10.2 Å². The van der Waals surface area contributed by atoms with E-state index >= 15 is 0 Å². The van der Waals surface area contributed by atoms with Crippen molar-refractivity contribution >= 4 is 61.7 Å². The number of carbonyl (C=O) groups excluding carboxylic acids is 3. The van der Waals surface area contributed by atoms with Crippen LogP contribution in [0.3, 0.4) is 0 Å². The lowest BCUT2D eigenvalue weighted by Crippen LogP contribution is -2.39. The van der Waals surface area contributed by atoms with E-state index < -0.39 is 0 Å². The molecule has 4 rings (SSSR count). The van der Waals surface area contributed by atoms with Gasteiger partial charge in [-0.2, -0.15) is 0 Å². The van der Waals surface area contributed by atoms with E-state index in [1.807, 2.05) is 12.1 Å². The Morgan fingerprint density at radius 1 is 1.03 bits per heavy atom. The van der Waals surface area contributed by atoms with Crippen LogP contribution >= 0.6 is 22.9 Å². The van der Waals surface area contributed by atoms with E-state index in [1.54, 1.807) is 35.2 Å². The normalized spacial score (nSPS) is 14.0. The second-order valence-electron chi connectivity index (χ2n) is 7.74. The topological polar surface area (TPSA) is 73.8 Å². The number of likely N-dealkylation sites (N-methyl/N-ethyl adjacent to an activating group) is 1. The third-order valence-corrected chi connectivity index (χ3v) is 7.14. The molecule has 2 aromatic carbocycles. The first-order valence-corrected chi connectivity index (χ1v) is 12.2. The monoisotopic (exact) mass is 484 g/mol. The van der Waals surface area contributed by atoms with Gasteiger partial charge in [-0.25, -0.2) is 4.98 Å². The van der Waals surface area contributed by atoms with E-state index in [0.29, 0.717) is 40.0 Å². The second-order valence-corrected chi connectivity index (χ2v) is 9.15. The minimum absolute atomic E-state index is 0.192. The summed E-state index contributed by atoms with van der Waals surface area (Å²) in [4.78, 5) is 47.4. The number of rotatable bonds is 8. The molecule has 1 aliphatic rings. The molecule has 0 unspecified atom stereocenters. The Labute approximate surface area is 201 Å². The van der Waals surface area contributed by atoms with Gasteiger partial charge in [-0.3, -0.25) is 24.2 Å². The summed E-state index contributed by atoms with van der Waals surface area (Å²) in [5.74, 6) is -0.625. The van der Waals surface area contributed by atoms with Crippen LogP contribution < -0.4 is 9.80 Å². The molecule has 0 aliphatic carbocycles. The molecule has 0 atom stereocenters. The standard InChI is InChI=1S/C24H25ClN4O3S/c1-3-27(4-2)14-15-28(24-26-22-18(25)6-5-7-19(22)33-24)23(32)16-8-10-17(11-9-16)29-20(30)12-13-21(29)31/h5-11H,3-4,12-15H2,1-2H3. The second kappa shape index (κ2) is 9.99. The number of aromatic nitrogens is 1. The largest absolute Gasteiger partial charge is 0.302 e. The van der Waals surface area contributed by atoms with Crippen LogP contribution in [0.5, 0.6) is 0 Å². The van der Waals surface area contributed by atoms with Gasteiger partial charge in [0.2, 0.25) is 11.8 Å². The Morgan fingerprint density at radius 2 is 1.70 bits per heavy atom. The lowest BCUT2D eigenvalue weighted by molar-refractivity contribution is -0.121. The Kier molecular flexibility index (Phi) is 7.07. The lowest BCUT2D eigenvalue weighted by Gasteiger charge is -2.25. The number of hydrogen-bond donors (Lipinski definition) is 0. The highest BCUT2D eigenvalue weighted by molar-refractivity contribution is 7.22. The zero-order valence-corrected chi connectivity index (χ0v) is 20.2. The fraction of sp³-hybridized carbons (Fsp3) is 0.333. The predicted molar refractivity (Wildman–Crippen MR) is 132 cm³/mol. The van der Waals surface area contributed by atoms with Crippen LogP contribution in [0.15, 0.2) is 42.5 Å². The highest BCUT2D eigenvalue weighted by Gasteiger charge is 2.30. The number of fused-ring (bicyclic) bond motifs is 1. The Balaban J connectivity index is 1.64. The molecule has 0 spiro atoms. The molecule has 1 aliphatic heterocycles. The number of anilines is 2. The molecule has 2 heterocycles. The van der Waals surface area contributed by atoms with Gasteiger partial charge in [-0.15, -0.1) is 0 Å². The fourth-order valence-corrected chi connectivity index (χ4v) is 5.15. The first-order valence-electron chi connectivity index (χ1n) is 11.0. The van der Waals surface area contributed by atoms with Gasteiger partial charge in [0.05, 0.1) is 15.4 Å². The smallest absolute Gasteiger partial charge is 0.260 e.